The predicted octanol–water partition coefficient (Wildman–Crippen LogP) is 2.35. The number of aromatic hydroxyl groups is 1. The number of halogens is 1. The molecule has 1 fully saturated rings. The lowest BCUT2D eigenvalue weighted by Crippen LogP contribution is -2.49. The fraction of sp³-hybridized carbons (Fsp3) is 0.500. The fourth-order valence-electron chi connectivity index (χ4n) is 2.24. The van der Waals surface area contributed by atoms with Crippen LogP contribution in [0.15, 0.2) is 18.2 Å². The van der Waals surface area contributed by atoms with Gasteiger partial charge in [-0.15, -0.1) is 0 Å². The molecule has 0 saturated carbocycles. The van der Waals surface area contributed by atoms with Crippen molar-refractivity contribution in [1.82, 2.24) is 4.90 Å². The van der Waals surface area contributed by atoms with E-state index >= 15 is 0 Å². The molecule has 1 amide bonds. The SMILES string of the molecule is CC(C)C(=O)N1CCN(c2ccc(O)c(Cl)c2)CC1. The van der Waals surface area contributed by atoms with Crippen LogP contribution in [0.25, 0.3) is 0 Å². The molecule has 0 bridgehead atoms. The lowest BCUT2D eigenvalue weighted by molar-refractivity contribution is -0.134. The molecule has 0 aliphatic carbocycles. The molecule has 0 atom stereocenters. The average molecular weight is 283 g/mol. The number of hydrogen-bond acceptors (Lipinski definition) is 3. The Balaban J connectivity index is 2.00. The molecule has 0 aromatic heterocycles. The van der Waals surface area contributed by atoms with E-state index in [2.05, 4.69) is 4.90 Å². The van der Waals surface area contributed by atoms with Crippen molar-refractivity contribution in [3.8, 4) is 5.75 Å². The van der Waals surface area contributed by atoms with E-state index in [0.717, 1.165) is 31.9 Å². The highest BCUT2D eigenvalue weighted by molar-refractivity contribution is 6.32. The molecule has 0 radical (unpaired) electrons. The summed E-state index contributed by atoms with van der Waals surface area (Å²) in [7, 11) is 0. The summed E-state index contributed by atoms with van der Waals surface area (Å²) in [6.07, 6.45) is 0. The van der Waals surface area contributed by atoms with Crippen LogP contribution in [0.4, 0.5) is 5.69 Å². The number of rotatable bonds is 2. The number of piperazine rings is 1. The number of phenolic OH excluding ortho intramolecular Hbond substituents is 1. The number of anilines is 1. The summed E-state index contributed by atoms with van der Waals surface area (Å²) in [5.41, 5.74) is 0.986. The standard InChI is InChI=1S/C14H19ClN2O2/c1-10(2)14(19)17-7-5-16(6-8-17)11-3-4-13(18)12(15)9-11/h3-4,9-10,18H,5-8H2,1-2H3. The van der Waals surface area contributed by atoms with Crippen molar-refractivity contribution in [3.63, 3.8) is 0 Å². The Bertz CT molecular complexity index is 469. The lowest BCUT2D eigenvalue weighted by Gasteiger charge is -2.37. The van der Waals surface area contributed by atoms with Gasteiger partial charge in [0.15, 0.2) is 0 Å². The second-order valence-corrected chi connectivity index (χ2v) is 5.51. The van der Waals surface area contributed by atoms with Gasteiger partial charge in [-0.1, -0.05) is 25.4 Å². The molecule has 1 aromatic carbocycles. The second kappa shape index (κ2) is 5.70. The van der Waals surface area contributed by atoms with Gasteiger partial charge in [-0.05, 0) is 18.2 Å². The average Bonchev–Trinajstić information content (AvgIpc) is 2.41. The van der Waals surface area contributed by atoms with Gasteiger partial charge in [0.25, 0.3) is 0 Å². The highest BCUT2D eigenvalue weighted by atomic mass is 35.5. The van der Waals surface area contributed by atoms with Gasteiger partial charge in [0.05, 0.1) is 5.02 Å². The van der Waals surface area contributed by atoms with Crippen molar-refractivity contribution in [2.45, 2.75) is 13.8 Å². The molecule has 0 unspecified atom stereocenters. The number of carbonyl (C=O) groups is 1. The Hall–Kier alpha value is -1.42. The zero-order valence-electron chi connectivity index (χ0n) is 11.3. The van der Waals surface area contributed by atoms with Gasteiger partial charge >= 0.3 is 0 Å². The summed E-state index contributed by atoms with van der Waals surface area (Å²) in [6.45, 7) is 6.90. The van der Waals surface area contributed by atoms with Crippen LogP contribution in [0.5, 0.6) is 5.75 Å². The third kappa shape index (κ3) is 3.13. The number of phenols is 1. The Morgan fingerprint density at radius 1 is 1.26 bits per heavy atom. The Kier molecular flexibility index (Phi) is 4.20. The van der Waals surface area contributed by atoms with E-state index in [-0.39, 0.29) is 17.6 Å². The van der Waals surface area contributed by atoms with Gasteiger partial charge in [-0.25, -0.2) is 0 Å². The Labute approximate surface area is 118 Å². The first-order valence-corrected chi connectivity index (χ1v) is 6.89. The van der Waals surface area contributed by atoms with Crippen molar-refractivity contribution in [2.24, 2.45) is 5.92 Å². The van der Waals surface area contributed by atoms with Crippen molar-refractivity contribution >= 4 is 23.2 Å². The summed E-state index contributed by atoms with van der Waals surface area (Å²) in [5, 5.41) is 9.77. The van der Waals surface area contributed by atoms with E-state index < -0.39 is 0 Å². The Morgan fingerprint density at radius 2 is 1.89 bits per heavy atom. The molecule has 1 N–H and O–H groups in total. The molecular weight excluding hydrogens is 264 g/mol. The van der Waals surface area contributed by atoms with Crippen molar-refractivity contribution in [3.05, 3.63) is 23.2 Å². The van der Waals surface area contributed by atoms with Gasteiger partial charge in [0.2, 0.25) is 5.91 Å². The third-order valence-electron chi connectivity index (χ3n) is 3.38. The zero-order chi connectivity index (χ0) is 14.0. The van der Waals surface area contributed by atoms with Crippen molar-refractivity contribution < 1.29 is 9.90 Å². The second-order valence-electron chi connectivity index (χ2n) is 5.10. The molecule has 19 heavy (non-hydrogen) atoms. The molecule has 1 aliphatic rings. The smallest absolute Gasteiger partial charge is 0.225 e. The first kappa shape index (κ1) is 14.0. The highest BCUT2D eigenvalue weighted by Crippen LogP contribution is 2.28. The third-order valence-corrected chi connectivity index (χ3v) is 3.68. The maximum absolute atomic E-state index is 11.9. The molecular formula is C14H19ClN2O2. The van der Waals surface area contributed by atoms with Gasteiger partial charge in [0, 0.05) is 37.8 Å². The molecule has 104 valence electrons. The summed E-state index contributed by atoms with van der Waals surface area (Å²) >= 11 is 5.91. The lowest BCUT2D eigenvalue weighted by atomic mass is 10.1. The number of benzene rings is 1. The fourth-order valence-corrected chi connectivity index (χ4v) is 2.42. The van der Waals surface area contributed by atoms with Crippen molar-refractivity contribution in [2.75, 3.05) is 31.1 Å². The molecule has 1 saturated heterocycles. The van der Waals surface area contributed by atoms with Crippen LogP contribution in [0.1, 0.15) is 13.8 Å². The quantitative estimate of drug-likeness (QED) is 0.905. The maximum atomic E-state index is 11.9. The van der Waals surface area contributed by atoms with Crippen LogP contribution in [-0.2, 0) is 4.79 Å². The van der Waals surface area contributed by atoms with Gasteiger partial charge in [0.1, 0.15) is 5.75 Å². The van der Waals surface area contributed by atoms with E-state index in [1.54, 1.807) is 12.1 Å². The summed E-state index contributed by atoms with van der Waals surface area (Å²) in [5.74, 6) is 0.358. The summed E-state index contributed by atoms with van der Waals surface area (Å²) in [4.78, 5) is 16.0. The molecule has 1 heterocycles. The predicted molar refractivity (Wildman–Crippen MR) is 76.7 cm³/mol. The van der Waals surface area contributed by atoms with Crippen LogP contribution in [0, 0.1) is 5.92 Å². The minimum atomic E-state index is 0.0506. The largest absolute Gasteiger partial charge is 0.506 e. The first-order valence-electron chi connectivity index (χ1n) is 6.51. The van der Waals surface area contributed by atoms with Gasteiger partial charge < -0.3 is 14.9 Å². The van der Waals surface area contributed by atoms with Crippen LogP contribution in [-0.4, -0.2) is 42.1 Å². The van der Waals surface area contributed by atoms with E-state index in [4.69, 9.17) is 11.6 Å². The first-order chi connectivity index (χ1) is 8.99. The zero-order valence-corrected chi connectivity index (χ0v) is 12.0. The van der Waals surface area contributed by atoms with E-state index in [1.165, 1.54) is 0 Å². The van der Waals surface area contributed by atoms with Crippen LogP contribution in [0.3, 0.4) is 0 Å². The van der Waals surface area contributed by atoms with Crippen molar-refractivity contribution in [1.29, 1.82) is 0 Å². The molecule has 2 rings (SSSR count). The van der Waals surface area contributed by atoms with Crippen LogP contribution in [0.2, 0.25) is 5.02 Å². The number of hydrogen-bond donors (Lipinski definition) is 1. The van der Waals surface area contributed by atoms with E-state index in [0.29, 0.717) is 5.02 Å². The monoisotopic (exact) mass is 282 g/mol. The minimum Gasteiger partial charge on any atom is -0.506 e. The summed E-state index contributed by atoms with van der Waals surface area (Å²) in [6, 6.07) is 5.21. The summed E-state index contributed by atoms with van der Waals surface area (Å²) < 4.78 is 0. The molecule has 0 spiro atoms. The minimum absolute atomic E-state index is 0.0506. The normalized spacial score (nSPS) is 16.0. The molecule has 4 nitrogen and oxygen atoms in total. The van der Waals surface area contributed by atoms with Crippen LogP contribution >= 0.6 is 11.6 Å². The van der Waals surface area contributed by atoms with E-state index in [9.17, 15) is 9.90 Å². The number of nitrogens with zero attached hydrogens (tertiary/aromatic N) is 2. The number of carbonyl (C=O) groups excluding carboxylic acids is 1. The Morgan fingerprint density at radius 3 is 2.42 bits per heavy atom. The molecule has 5 heteroatoms. The van der Waals surface area contributed by atoms with E-state index in [1.807, 2.05) is 24.8 Å². The molecule has 1 aromatic rings. The maximum Gasteiger partial charge on any atom is 0.225 e. The topological polar surface area (TPSA) is 43.8 Å². The van der Waals surface area contributed by atoms with Gasteiger partial charge in [-0.3, -0.25) is 4.79 Å². The van der Waals surface area contributed by atoms with Gasteiger partial charge in [-0.2, -0.15) is 0 Å². The highest BCUT2D eigenvalue weighted by Gasteiger charge is 2.23. The molecule has 1 aliphatic heterocycles. The number of amides is 1. The van der Waals surface area contributed by atoms with Crippen LogP contribution < -0.4 is 4.90 Å².